The van der Waals surface area contributed by atoms with Gasteiger partial charge in [-0.15, -0.1) is 0 Å². The van der Waals surface area contributed by atoms with E-state index in [0.29, 0.717) is 0 Å². The summed E-state index contributed by atoms with van der Waals surface area (Å²) in [6.45, 7) is 1.20. The van der Waals surface area contributed by atoms with E-state index in [1.54, 1.807) is 0 Å². The number of hydrogen-bond donors (Lipinski definition) is 2. The van der Waals surface area contributed by atoms with E-state index in [1.807, 2.05) is 0 Å². The smallest absolute Gasteiger partial charge is 0.326 e. The zero-order valence-electron chi connectivity index (χ0n) is 9.04. The monoisotopic (exact) mass is 259 g/mol. The predicted molar refractivity (Wildman–Crippen MR) is 60.4 cm³/mol. The number of carboxylic acid groups (broad SMARTS) is 1. The van der Waals surface area contributed by atoms with E-state index in [2.05, 4.69) is 5.32 Å². The van der Waals surface area contributed by atoms with Gasteiger partial charge in [-0.3, -0.25) is 4.79 Å². The largest absolute Gasteiger partial charge is 0.480 e. The van der Waals surface area contributed by atoms with Crippen LogP contribution in [-0.2, 0) is 16.0 Å². The number of hydrogen-bond acceptors (Lipinski definition) is 2. The van der Waals surface area contributed by atoms with Crippen molar-refractivity contribution in [1.29, 1.82) is 0 Å². The second-order valence-corrected chi connectivity index (χ2v) is 3.92. The van der Waals surface area contributed by atoms with Gasteiger partial charge in [0, 0.05) is 13.3 Å². The lowest BCUT2D eigenvalue weighted by Crippen LogP contribution is -2.41. The molecule has 1 rings (SSSR count). The summed E-state index contributed by atoms with van der Waals surface area (Å²) in [5, 5.41) is 11.0. The van der Waals surface area contributed by atoms with Gasteiger partial charge in [-0.05, 0) is 11.6 Å². The number of rotatable bonds is 4. The quantitative estimate of drug-likeness (QED) is 0.863. The number of aliphatic carboxylic acids is 1. The number of carbonyl (C=O) groups excluding carboxylic acids is 1. The zero-order chi connectivity index (χ0) is 13.0. The first-order chi connectivity index (χ1) is 7.91. The lowest BCUT2D eigenvalue weighted by Gasteiger charge is -2.13. The molecule has 0 bridgehead atoms. The number of benzene rings is 1. The molecule has 0 heterocycles. The fraction of sp³-hybridized carbons (Fsp3) is 0.273. The molecule has 0 saturated heterocycles. The highest BCUT2D eigenvalue weighted by Gasteiger charge is 2.21. The van der Waals surface area contributed by atoms with Gasteiger partial charge in [0.05, 0.1) is 5.02 Å². The number of halogens is 2. The van der Waals surface area contributed by atoms with Crippen LogP contribution in [0.2, 0.25) is 5.02 Å². The standard InChI is InChI=1S/C11H11ClFNO3/c1-6(15)14-9(11(16)17)5-7-3-2-4-8(12)10(7)13/h2-4,9H,5H2,1H3,(H,14,15)(H,16,17)/t9-/m0/s1. The highest BCUT2D eigenvalue weighted by atomic mass is 35.5. The predicted octanol–water partition coefficient (Wildman–Crippen LogP) is 1.61. The lowest BCUT2D eigenvalue weighted by molar-refractivity contribution is -0.141. The first kappa shape index (κ1) is 13.4. The Balaban J connectivity index is 2.90. The third-order valence-corrected chi connectivity index (χ3v) is 2.42. The third kappa shape index (κ3) is 3.71. The first-order valence-electron chi connectivity index (χ1n) is 4.84. The minimum atomic E-state index is -1.22. The molecular formula is C11H11ClFNO3. The van der Waals surface area contributed by atoms with Gasteiger partial charge in [-0.1, -0.05) is 23.7 Å². The Labute approximate surface area is 102 Å². The van der Waals surface area contributed by atoms with Crippen LogP contribution in [0.1, 0.15) is 12.5 Å². The maximum Gasteiger partial charge on any atom is 0.326 e. The van der Waals surface area contributed by atoms with E-state index in [9.17, 15) is 14.0 Å². The molecule has 0 aliphatic rings. The number of carboxylic acids is 1. The van der Waals surface area contributed by atoms with Gasteiger partial charge in [-0.2, -0.15) is 0 Å². The van der Waals surface area contributed by atoms with Gasteiger partial charge in [-0.25, -0.2) is 9.18 Å². The van der Waals surface area contributed by atoms with E-state index in [4.69, 9.17) is 16.7 Å². The van der Waals surface area contributed by atoms with E-state index < -0.39 is 23.7 Å². The molecule has 1 amide bonds. The van der Waals surface area contributed by atoms with Crippen LogP contribution in [0.15, 0.2) is 18.2 Å². The van der Waals surface area contributed by atoms with Gasteiger partial charge in [0.1, 0.15) is 11.9 Å². The molecule has 0 fully saturated rings. The minimum absolute atomic E-state index is 0.0746. The van der Waals surface area contributed by atoms with Crippen molar-refractivity contribution < 1.29 is 19.1 Å². The second-order valence-electron chi connectivity index (χ2n) is 3.51. The van der Waals surface area contributed by atoms with Crippen LogP contribution in [0, 0.1) is 5.82 Å². The molecule has 2 N–H and O–H groups in total. The van der Waals surface area contributed by atoms with E-state index in [1.165, 1.54) is 25.1 Å². The molecule has 4 nitrogen and oxygen atoms in total. The lowest BCUT2D eigenvalue weighted by atomic mass is 10.1. The maximum absolute atomic E-state index is 13.5. The Morgan fingerprint density at radius 1 is 1.53 bits per heavy atom. The van der Waals surface area contributed by atoms with Crippen LogP contribution >= 0.6 is 11.6 Å². The van der Waals surface area contributed by atoms with E-state index in [0.717, 1.165) is 0 Å². The Morgan fingerprint density at radius 3 is 2.71 bits per heavy atom. The summed E-state index contributed by atoms with van der Waals surface area (Å²) < 4.78 is 13.5. The van der Waals surface area contributed by atoms with Crippen molar-refractivity contribution in [3.05, 3.63) is 34.6 Å². The summed E-state index contributed by atoms with van der Waals surface area (Å²) in [7, 11) is 0. The summed E-state index contributed by atoms with van der Waals surface area (Å²) >= 11 is 5.57. The number of carbonyl (C=O) groups is 2. The van der Waals surface area contributed by atoms with Crippen molar-refractivity contribution >= 4 is 23.5 Å². The summed E-state index contributed by atoms with van der Waals surface area (Å²) in [6.07, 6.45) is -0.151. The molecule has 17 heavy (non-hydrogen) atoms. The summed E-state index contributed by atoms with van der Waals surface area (Å²) in [6, 6.07) is 3.15. The molecule has 1 aromatic carbocycles. The molecule has 0 unspecified atom stereocenters. The highest BCUT2D eigenvalue weighted by Crippen LogP contribution is 2.19. The normalized spacial score (nSPS) is 11.9. The second kappa shape index (κ2) is 5.63. The Hall–Kier alpha value is -1.62. The fourth-order valence-corrected chi connectivity index (χ4v) is 1.57. The van der Waals surface area contributed by atoms with Crippen LogP contribution in [-0.4, -0.2) is 23.0 Å². The molecule has 0 aliphatic carbocycles. The average Bonchev–Trinajstić information content (AvgIpc) is 2.22. The van der Waals surface area contributed by atoms with E-state index in [-0.39, 0.29) is 17.0 Å². The molecule has 0 saturated carbocycles. The molecule has 0 aromatic heterocycles. The maximum atomic E-state index is 13.5. The molecule has 1 aromatic rings. The molecule has 0 radical (unpaired) electrons. The van der Waals surface area contributed by atoms with Crippen molar-refractivity contribution in [3.63, 3.8) is 0 Å². The molecule has 0 aliphatic heterocycles. The Morgan fingerprint density at radius 2 is 2.18 bits per heavy atom. The number of nitrogens with one attached hydrogen (secondary N) is 1. The van der Waals surface area contributed by atoms with Crippen molar-refractivity contribution in [2.24, 2.45) is 0 Å². The van der Waals surface area contributed by atoms with E-state index >= 15 is 0 Å². The van der Waals surface area contributed by atoms with Gasteiger partial charge in [0.15, 0.2) is 0 Å². The molecule has 1 atom stereocenters. The third-order valence-electron chi connectivity index (χ3n) is 2.13. The Bertz CT molecular complexity index is 450. The van der Waals surface area contributed by atoms with Crippen LogP contribution in [0.4, 0.5) is 4.39 Å². The van der Waals surface area contributed by atoms with Gasteiger partial charge in [0.25, 0.3) is 0 Å². The average molecular weight is 260 g/mol. The summed E-state index contributed by atoms with van der Waals surface area (Å²) in [5.74, 6) is -2.37. The number of amides is 1. The Kier molecular flexibility index (Phi) is 4.45. The van der Waals surface area contributed by atoms with Crippen LogP contribution in [0.25, 0.3) is 0 Å². The molecule has 6 heteroatoms. The zero-order valence-corrected chi connectivity index (χ0v) is 9.79. The highest BCUT2D eigenvalue weighted by molar-refractivity contribution is 6.30. The summed E-state index contributed by atoms with van der Waals surface area (Å²) in [5.41, 5.74) is 0.152. The van der Waals surface area contributed by atoms with Crippen LogP contribution < -0.4 is 5.32 Å². The van der Waals surface area contributed by atoms with Gasteiger partial charge < -0.3 is 10.4 Å². The first-order valence-corrected chi connectivity index (χ1v) is 5.22. The minimum Gasteiger partial charge on any atom is -0.480 e. The molecule has 0 spiro atoms. The van der Waals surface area contributed by atoms with Crippen LogP contribution in [0.5, 0.6) is 0 Å². The van der Waals surface area contributed by atoms with Crippen molar-refractivity contribution in [1.82, 2.24) is 5.32 Å². The van der Waals surface area contributed by atoms with Crippen LogP contribution in [0.3, 0.4) is 0 Å². The molecule has 92 valence electrons. The SMILES string of the molecule is CC(=O)N[C@@H](Cc1cccc(Cl)c1F)C(=O)O. The van der Waals surface area contributed by atoms with Crippen molar-refractivity contribution in [3.8, 4) is 0 Å². The van der Waals surface area contributed by atoms with Gasteiger partial charge in [0.2, 0.25) is 5.91 Å². The topological polar surface area (TPSA) is 66.4 Å². The van der Waals surface area contributed by atoms with Gasteiger partial charge >= 0.3 is 5.97 Å². The summed E-state index contributed by atoms with van der Waals surface area (Å²) in [4.78, 5) is 21.7. The van der Waals surface area contributed by atoms with Crippen molar-refractivity contribution in [2.45, 2.75) is 19.4 Å². The fourth-order valence-electron chi connectivity index (χ4n) is 1.37. The molecular weight excluding hydrogens is 249 g/mol. The van der Waals surface area contributed by atoms with Crippen molar-refractivity contribution in [2.75, 3.05) is 0 Å².